The number of likely N-dealkylation sites (tertiary alicyclic amines) is 1. The number of anilines is 2. The summed E-state index contributed by atoms with van der Waals surface area (Å²) in [5.74, 6) is 4.94. The van der Waals surface area contributed by atoms with Crippen molar-refractivity contribution >= 4 is 63.7 Å². The van der Waals surface area contributed by atoms with Crippen LogP contribution in [0.15, 0.2) is 48.6 Å². The number of hydrogen-bond acceptors (Lipinski definition) is 11. The number of nitrogens with zero attached hydrogens (tertiary/aromatic N) is 9. The smallest absolute Gasteiger partial charge is 0.407 e. The molecule has 7 rings (SSSR count). The topological polar surface area (TPSA) is 275 Å². The first-order valence-electron chi connectivity index (χ1n) is 21.3. The first kappa shape index (κ1) is 45.9. The predicted octanol–water partition coefficient (Wildman–Crippen LogP) is 4.57. The van der Waals surface area contributed by atoms with E-state index in [2.05, 4.69) is 37.7 Å². The van der Waals surface area contributed by atoms with E-state index in [9.17, 15) is 29.1 Å². The summed E-state index contributed by atoms with van der Waals surface area (Å²) in [6.07, 6.45) is 4.70. The molecule has 21 heteroatoms. The van der Waals surface area contributed by atoms with Crippen LogP contribution in [0.1, 0.15) is 86.2 Å². The lowest BCUT2D eigenvalue weighted by Gasteiger charge is -2.28. The van der Waals surface area contributed by atoms with Gasteiger partial charge in [0, 0.05) is 56.8 Å². The number of rotatable bonds is 16. The van der Waals surface area contributed by atoms with Gasteiger partial charge in [0.1, 0.15) is 40.5 Å². The summed E-state index contributed by atoms with van der Waals surface area (Å²) >= 11 is 0. The number of piperidine rings is 1. The van der Waals surface area contributed by atoms with E-state index in [1.807, 2.05) is 26.0 Å². The Morgan fingerprint density at radius 1 is 0.758 bits per heavy atom. The highest BCUT2D eigenvalue weighted by atomic mass is 16.5. The minimum absolute atomic E-state index is 0.0525. The number of allylic oxidation sites excluding steroid dienone is 2. The van der Waals surface area contributed by atoms with Crippen LogP contribution < -0.4 is 31.6 Å². The molecule has 66 heavy (non-hydrogen) atoms. The van der Waals surface area contributed by atoms with Gasteiger partial charge >= 0.3 is 6.09 Å². The van der Waals surface area contributed by atoms with Gasteiger partial charge in [-0.2, -0.15) is 10.2 Å². The van der Waals surface area contributed by atoms with Crippen LogP contribution in [0.5, 0.6) is 11.5 Å². The highest BCUT2D eigenvalue weighted by molar-refractivity contribution is 6.05. The van der Waals surface area contributed by atoms with Crippen molar-refractivity contribution in [2.75, 3.05) is 37.4 Å². The van der Waals surface area contributed by atoms with Crippen LogP contribution in [0.3, 0.4) is 0 Å². The van der Waals surface area contributed by atoms with Crippen LogP contribution in [0, 0.1) is 31.6 Å². The number of carbonyl (C=O) groups is 5. The Hall–Kier alpha value is -8.15. The van der Waals surface area contributed by atoms with E-state index in [4.69, 9.17) is 25.9 Å². The zero-order chi connectivity index (χ0) is 47.2. The van der Waals surface area contributed by atoms with Crippen LogP contribution in [-0.2, 0) is 26.2 Å². The van der Waals surface area contributed by atoms with Crippen LogP contribution in [-0.4, -0.2) is 105 Å². The molecule has 0 saturated carbocycles. The third kappa shape index (κ3) is 9.81. The number of benzene rings is 2. The molecule has 1 fully saturated rings. The van der Waals surface area contributed by atoms with E-state index in [1.165, 1.54) is 36.3 Å². The normalized spacial score (nSPS) is 13.0. The lowest BCUT2D eigenvalue weighted by atomic mass is 9.94. The number of fused-ring (bicyclic) bond motifs is 2. The standard InChI is InChI=1S/C45H51N13O8/c1-6-57-33(20-26(3)52-57)41(61)50-43-48-31-22-29(39(46)59)24-35(65-5)37(31)55(43)15-9-10-16-56-38-32(49-44(56)51-42(62)34-21-27(4)53-58(34)7-2)23-30(40(47)60)25-36(38)66-19-11-8-12-28-13-17-54(18-14-28)45(63)64/h9-10,20-25,28H,6-7,12-19H2,1-5H3,(H2,46,59)(H2,47,60)(H,63,64)(H,48,50,61)(H,49,51,62)/b10-9+. The molecule has 2 aromatic carbocycles. The second-order valence-electron chi connectivity index (χ2n) is 15.6. The minimum atomic E-state index is -0.923. The Morgan fingerprint density at radius 3 is 1.70 bits per heavy atom. The van der Waals surface area contributed by atoms with Gasteiger partial charge in [0.2, 0.25) is 23.7 Å². The highest BCUT2D eigenvalue weighted by Gasteiger charge is 2.25. The van der Waals surface area contributed by atoms with Crippen molar-refractivity contribution in [1.29, 1.82) is 0 Å². The Labute approximate surface area is 378 Å². The van der Waals surface area contributed by atoms with Gasteiger partial charge in [0.05, 0.1) is 29.5 Å². The summed E-state index contributed by atoms with van der Waals surface area (Å²) in [5.41, 5.74) is 15.2. The second kappa shape index (κ2) is 19.7. The first-order chi connectivity index (χ1) is 31.7. The Bertz CT molecular complexity index is 2960. The Balaban J connectivity index is 1.23. The summed E-state index contributed by atoms with van der Waals surface area (Å²) < 4.78 is 18.5. The Morgan fingerprint density at radius 2 is 1.24 bits per heavy atom. The molecule has 0 aliphatic carbocycles. The van der Waals surface area contributed by atoms with Gasteiger partial charge in [-0.1, -0.05) is 24.0 Å². The number of ether oxygens (including phenoxy) is 2. The molecule has 344 valence electrons. The quantitative estimate of drug-likeness (QED) is 0.0661. The number of amides is 5. The number of primary amides is 2. The monoisotopic (exact) mass is 901 g/mol. The van der Waals surface area contributed by atoms with Crippen molar-refractivity contribution in [3.63, 3.8) is 0 Å². The molecular formula is C45H51N13O8. The third-order valence-electron chi connectivity index (χ3n) is 11.2. The fourth-order valence-corrected chi connectivity index (χ4v) is 7.90. The van der Waals surface area contributed by atoms with E-state index >= 15 is 0 Å². The molecule has 0 bridgehead atoms. The van der Waals surface area contributed by atoms with Crippen LogP contribution >= 0.6 is 0 Å². The summed E-state index contributed by atoms with van der Waals surface area (Å²) in [5, 5.41) is 23.9. The van der Waals surface area contributed by atoms with Crippen LogP contribution in [0.25, 0.3) is 22.1 Å². The fraction of sp³-hybridized carbons (Fsp3) is 0.356. The second-order valence-corrected chi connectivity index (χ2v) is 15.6. The van der Waals surface area contributed by atoms with Crippen LogP contribution in [0.4, 0.5) is 16.7 Å². The molecule has 0 unspecified atom stereocenters. The molecule has 1 aliphatic rings. The summed E-state index contributed by atoms with van der Waals surface area (Å²) in [6.45, 7) is 9.34. The molecule has 4 aromatic heterocycles. The molecule has 6 aromatic rings. The lowest BCUT2D eigenvalue weighted by Crippen LogP contribution is -2.37. The van der Waals surface area contributed by atoms with Gasteiger partial charge < -0.3 is 40.1 Å². The SMILES string of the molecule is CCn1nc(C)cc1C(=O)Nc1nc2cc(C(N)=O)cc(OC)c2n1C/C=C/Cn1c(NC(=O)c2cc(C)nn2CC)nc2cc(C(N)=O)cc(OCC#CCC3CCN(C(=O)O)CC3)c21. The highest BCUT2D eigenvalue weighted by Crippen LogP contribution is 2.33. The molecule has 1 aliphatic heterocycles. The number of nitrogens with one attached hydrogen (secondary N) is 2. The molecule has 0 spiro atoms. The fourth-order valence-electron chi connectivity index (χ4n) is 7.90. The largest absolute Gasteiger partial charge is 0.494 e. The molecule has 1 saturated heterocycles. The minimum Gasteiger partial charge on any atom is -0.494 e. The van der Waals surface area contributed by atoms with E-state index in [0.29, 0.717) is 96.0 Å². The predicted molar refractivity (Wildman–Crippen MR) is 244 cm³/mol. The number of carboxylic acid groups (broad SMARTS) is 1. The maximum atomic E-state index is 13.8. The van der Waals surface area contributed by atoms with Crippen LogP contribution in [0.2, 0.25) is 0 Å². The molecule has 5 heterocycles. The summed E-state index contributed by atoms with van der Waals surface area (Å²) in [7, 11) is 1.45. The van der Waals surface area contributed by atoms with Gasteiger partial charge in [0.25, 0.3) is 11.8 Å². The molecule has 7 N–H and O–H groups in total. The summed E-state index contributed by atoms with van der Waals surface area (Å²) in [6, 6.07) is 9.38. The van der Waals surface area contributed by atoms with Gasteiger partial charge in [-0.05, 0) is 82.9 Å². The van der Waals surface area contributed by atoms with Gasteiger partial charge in [0.15, 0.2) is 0 Å². The zero-order valence-corrected chi connectivity index (χ0v) is 37.3. The van der Waals surface area contributed by atoms with Crippen molar-refractivity contribution in [3.8, 4) is 23.3 Å². The molecule has 0 radical (unpaired) electrons. The average molecular weight is 902 g/mol. The average Bonchev–Trinajstić information content (AvgIpc) is 4.06. The number of methoxy groups -OCH3 is 1. The molecule has 0 atom stereocenters. The van der Waals surface area contributed by atoms with Gasteiger partial charge in [-0.15, -0.1) is 0 Å². The number of nitrogens with two attached hydrogens (primary N) is 2. The number of aromatic nitrogens is 8. The summed E-state index contributed by atoms with van der Waals surface area (Å²) in [4.78, 5) is 74.5. The van der Waals surface area contributed by atoms with Gasteiger partial charge in [-0.25, -0.2) is 14.8 Å². The third-order valence-corrected chi connectivity index (χ3v) is 11.2. The Kier molecular flexibility index (Phi) is 13.7. The maximum Gasteiger partial charge on any atom is 0.407 e. The van der Waals surface area contributed by atoms with Crippen molar-refractivity contribution < 1.29 is 38.6 Å². The van der Waals surface area contributed by atoms with E-state index < -0.39 is 29.7 Å². The van der Waals surface area contributed by atoms with Crippen molar-refractivity contribution in [1.82, 2.24) is 43.6 Å². The molecule has 5 amide bonds. The van der Waals surface area contributed by atoms with Crippen molar-refractivity contribution in [2.24, 2.45) is 17.4 Å². The lowest BCUT2D eigenvalue weighted by molar-refractivity contribution is 0.0991. The molecule has 21 nitrogen and oxygen atoms in total. The zero-order valence-electron chi connectivity index (χ0n) is 37.3. The number of imidazole rings is 2. The van der Waals surface area contributed by atoms with Crippen molar-refractivity contribution in [2.45, 2.75) is 73.1 Å². The van der Waals surface area contributed by atoms with E-state index in [-0.39, 0.29) is 54.4 Å². The first-order valence-corrected chi connectivity index (χ1v) is 21.3. The molecular weight excluding hydrogens is 851 g/mol. The van der Waals surface area contributed by atoms with Crippen molar-refractivity contribution in [3.05, 3.63) is 82.5 Å². The van der Waals surface area contributed by atoms with E-state index in [1.54, 1.807) is 44.5 Å². The number of aryl methyl sites for hydroxylation is 4. The number of carbonyl (C=O) groups excluding carboxylic acids is 4. The maximum absolute atomic E-state index is 13.8. The van der Waals surface area contributed by atoms with E-state index in [0.717, 1.165) is 0 Å². The number of hydrogen-bond donors (Lipinski definition) is 5. The van der Waals surface area contributed by atoms with Gasteiger partial charge in [-0.3, -0.25) is 39.2 Å².